The van der Waals surface area contributed by atoms with Gasteiger partial charge < -0.3 is 20.1 Å². The zero-order valence-electron chi connectivity index (χ0n) is 11.6. The largest absolute Gasteiger partial charge is 0.496 e. The monoisotopic (exact) mass is 266 g/mol. The van der Waals surface area contributed by atoms with Gasteiger partial charge in [0.05, 0.1) is 13.7 Å². The Kier molecular flexibility index (Phi) is 6.74. The van der Waals surface area contributed by atoms with Crippen LogP contribution in [0.15, 0.2) is 24.3 Å². The molecule has 0 bridgehead atoms. The Morgan fingerprint density at radius 1 is 1.42 bits per heavy atom. The normalized spacial score (nSPS) is 10.1. The number of amides is 2. The van der Waals surface area contributed by atoms with E-state index in [-0.39, 0.29) is 12.6 Å². The van der Waals surface area contributed by atoms with Crippen molar-refractivity contribution in [2.45, 2.75) is 13.3 Å². The van der Waals surface area contributed by atoms with E-state index in [4.69, 9.17) is 9.84 Å². The number of benzene rings is 1. The molecule has 0 aliphatic carbocycles. The number of hydrogen-bond acceptors (Lipinski definition) is 3. The van der Waals surface area contributed by atoms with Gasteiger partial charge in [-0.05, 0) is 25.0 Å². The van der Waals surface area contributed by atoms with Crippen LogP contribution in [-0.2, 0) is 6.42 Å². The summed E-state index contributed by atoms with van der Waals surface area (Å²) >= 11 is 0. The third-order valence-electron chi connectivity index (χ3n) is 2.90. The molecule has 0 saturated heterocycles. The van der Waals surface area contributed by atoms with Crippen molar-refractivity contribution >= 4 is 6.03 Å². The van der Waals surface area contributed by atoms with Gasteiger partial charge in [0.2, 0.25) is 0 Å². The molecule has 0 atom stereocenters. The van der Waals surface area contributed by atoms with Gasteiger partial charge in [-0.2, -0.15) is 0 Å². The maximum atomic E-state index is 11.8. The molecular weight excluding hydrogens is 244 g/mol. The second kappa shape index (κ2) is 8.37. The summed E-state index contributed by atoms with van der Waals surface area (Å²) < 4.78 is 5.25. The van der Waals surface area contributed by atoms with E-state index < -0.39 is 0 Å². The number of hydrogen-bond donors (Lipinski definition) is 2. The van der Waals surface area contributed by atoms with E-state index >= 15 is 0 Å². The van der Waals surface area contributed by atoms with E-state index in [1.54, 1.807) is 12.0 Å². The Morgan fingerprint density at radius 3 is 2.79 bits per heavy atom. The average Bonchev–Trinajstić information content (AvgIpc) is 2.45. The minimum atomic E-state index is -0.147. The van der Waals surface area contributed by atoms with Crippen molar-refractivity contribution < 1.29 is 14.6 Å². The minimum Gasteiger partial charge on any atom is -0.496 e. The molecule has 0 heterocycles. The van der Waals surface area contributed by atoms with Crippen molar-refractivity contribution in [1.29, 1.82) is 0 Å². The Balaban J connectivity index is 2.43. The first-order chi connectivity index (χ1) is 9.22. The molecular formula is C14H22N2O3. The lowest BCUT2D eigenvalue weighted by molar-refractivity contribution is 0.180. The van der Waals surface area contributed by atoms with Crippen LogP contribution in [0, 0.1) is 0 Å². The smallest absolute Gasteiger partial charge is 0.317 e. The van der Waals surface area contributed by atoms with E-state index in [0.29, 0.717) is 26.1 Å². The van der Waals surface area contributed by atoms with Crippen molar-refractivity contribution in [3.63, 3.8) is 0 Å². The summed E-state index contributed by atoms with van der Waals surface area (Å²) in [5.74, 6) is 0.833. The molecule has 0 aliphatic heterocycles. The number of urea groups is 1. The molecule has 0 fully saturated rings. The fourth-order valence-electron chi connectivity index (χ4n) is 1.85. The summed E-state index contributed by atoms with van der Waals surface area (Å²) in [6, 6.07) is 7.61. The highest BCUT2D eigenvalue weighted by Gasteiger charge is 2.10. The summed E-state index contributed by atoms with van der Waals surface area (Å²) in [6.45, 7) is 3.35. The zero-order valence-corrected chi connectivity index (χ0v) is 11.6. The summed E-state index contributed by atoms with van der Waals surface area (Å²) in [4.78, 5) is 13.4. The van der Waals surface area contributed by atoms with Gasteiger partial charge in [0, 0.05) is 19.6 Å². The molecule has 1 rings (SSSR count). The van der Waals surface area contributed by atoms with Crippen LogP contribution in [0.2, 0.25) is 0 Å². The van der Waals surface area contributed by atoms with E-state index in [9.17, 15) is 4.79 Å². The molecule has 19 heavy (non-hydrogen) atoms. The number of aliphatic hydroxyl groups is 1. The molecule has 0 aliphatic rings. The van der Waals surface area contributed by atoms with Crippen LogP contribution in [0.25, 0.3) is 0 Å². The molecule has 0 saturated carbocycles. The fourth-order valence-corrected chi connectivity index (χ4v) is 1.85. The summed E-state index contributed by atoms with van der Waals surface area (Å²) in [5, 5.41) is 11.7. The van der Waals surface area contributed by atoms with E-state index in [0.717, 1.165) is 11.3 Å². The molecule has 0 spiro atoms. The Labute approximate surface area is 114 Å². The lowest BCUT2D eigenvalue weighted by Crippen LogP contribution is -2.42. The minimum absolute atomic E-state index is 0.0201. The van der Waals surface area contributed by atoms with Crippen LogP contribution in [0.4, 0.5) is 4.79 Å². The predicted molar refractivity (Wildman–Crippen MR) is 74.4 cm³/mol. The molecule has 2 N–H and O–H groups in total. The third kappa shape index (κ3) is 4.79. The molecule has 0 aromatic heterocycles. The lowest BCUT2D eigenvalue weighted by atomic mass is 10.1. The summed E-state index contributed by atoms with van der Waals surface area (Å²) in [6.07, 6.45) is 0.715. The van der Waals surface area contributed by atoms with Gasteiger partial charge in [0.1, 0.15) is 5.75 Å². The van der Waals surface area contributed by atoms with Gasteiger partial charge in [0.25, 0.3) is 0 Å². The first kappa shape index (κ1) is 15.3. The second-order valence-corrected chi connectivity index (χ2v) is 4.10. The highest BCUT2D eigenvalue weighted by atomic mass is 16.5. The molecule has 5 heteroatoms. The van der Waals surface area contributed by atoms with Crippen LogP contribution in [0.1, 0.15) is 12.5 Å². The van der Waals surface area contributed by atoms with Gasteiger partial charge in [-0.1, -0.05) is 18.2 Å². The number of aliphatic hydroxyl groups excluding tert-OH is 1. The van der Waals surface area contributed by atoms with E-state index in [1.807, 2.05) is 31.2 Å². The molecule has 1 aromatic rings. The SMILES string of the molecule is CCN(CCO)C(=O)NCCc1ccccc1OC. The van der Waals surface area contributed by atoms with E-state index in [1.165, 1.54) is 0 Å². The molecule has 1 aromatic carbocycles. The first-order valence-corrected chi connectivity index (χ1v) is 6.48. The molecule has 5 nitrogen and oxygen atoms in total. The van der Waals surface area contributed by atoms with Gasteiger partial charge in [0.15, 0.2) is 0 Å². The number of para-hydroxylation sites is 1. The Morgan fingerprint density at radius 2 is 2.16 bits per heavy atom. The number of nitrogens with one attached hydrogen (secondary N) is 1. The van der Waals surface area contributed by atoms with E-state index in [2.05, 4.69) is 5.32 Å². The number of methoxy groups -OCH3 is 1. The lowest BCUT2D eigenvalue weighted by Gasteiger charge is -2.20. The van der Waals surface area contributed by atoms with Crippen molar-refractivity contribution in [3.05, 3.63) is 29.8 Å². The van der Waals surface area contributed by atoms with Gasteiger partial charge >= 0.3 is 6.03 Å². The van der Waals surface area contributed by atoms with Crippen molar-refractivity contribution in [3.8, 4) is 5.75 Å². The number of likely N-dealkylation sites (N-methyl/N-ethyl adjacent to an activating group) is 1. The fraction of sp³-hybridized carbons (Fsp3) is 0.500. The van der Waals surface area contributed by atoms with Crippen LogP contribution < -0.4 is 10.1 Å². The zero-order chi connectivity index (χ0) is 14.1. The number of carbonyl (C=O) groups excluding carboxylic acids is 1. The number of nitrogens with zero attached hydrogens (tertiary/aromatic N) is 1. The van der Waals surface area contributed by atoms with Gasteiger partial charge in [-0.25, -0.2) is 4.79 Å². The van der Waals surface area contributed by atoms with Crippen molar-refractivity contribution in [1.82, 2.24) is 10.2 Å². The maximum Gasteiger partial charge on any atom is 0.317 e. The van der Waals surface area contributed by atoms with Crippen molar-refractivity contribution in [2.75, 3.05) is 33.4 Å². The van der Waals surface area contributed by atoms with Crippen LogP contribution in [0.5, 0.6) is 5.75 Å². The third-order valence-corrected chi connectivity index (χ3v) is 2.90. The number of ether oxygens (including phenoxy) is 1. The molecule has 106 valence electrons. The maximum absolute atomic E-state index is 11.8. The van der Waals surface area contributed by atoms with Crippen LogP contribution in [0.3, 0.4) is 0 Å². The van der Waals surface area contributed by atoms with Crippen LogP contribution >= 0.6 is 0 Å². The highest BCUT2D eigenvalue weighted by molar-refractivity contribution is 5.74. The highest BCUT2D eigenvalue weighted by Crippen LogP contribution is 2.17. The number of carbonyl (C=O) groups is 1. The molecule has 2 amide bonds. The Hall–Kier alpha value is -1.75. The standard InChI is InChI=1S/C14H22N2O3/c1-3-16(10-11-17)14(18)15-9-8-12-6-4-5-7-13(12)19-2/h4-7,17H,3,8-11H2,1-2H3,(H,15,18). The topological polar surface area (TPSA) is 61.8 Å². The quantitative estimate of drug-likeness (QED) is 0.781. The summed E-state index contributed by atoms with van der Waals surface area (Å²) in [7, 11) is 1.64. The second-order valence-electron chi connectivity index (χ2n) is 4.10. The van der Waals surface area contributed by atoms with Crippen LogP contribution in [-0.4, -0.2) is 49.4 Å². The average molecular weight is 266 g/mol. The summed E-state index contributed by atoms with van der Waals surface area (Å²) in [5.41, 5.74) is 1.07. The van der Waals surface area contributed by atoms with Gasteiger partial charge in [-0.3, -0.25) is 0 Å². The Bertz CT molecular complexity index is 396. The molecule has 0 radical (unpaired) electrons. The molecule has 0 unspecified atom stereocenters. The predicted octanol–water partition coefficient (Wildman–Crippen LogP) is 1.26. The van der Waals surface area contributed by atoms with Gasteiger partial charge in [-0.15, -0.1) is 0 Å². The van der Waals surface area contributed by atoms with Crippen molar-refractivity contribution in [2.24, 2.45) is 0 Å². The first-order valence-electron chi connectivity index (χ1n) is 6.48. The number of rotatable bonds is 7.